The average Bonchev–Trinajstić information content (AvgIpc) is 2.67. The molecule has 1 atom stereocenters. The Morgan fingerprint density at radius 3 is 2.44 bits per heavy atom. The van der Waals surface area contributed by atoms with E-state index in [0.717, 1.165) is 25.9 Å². The molecule has 2 saturated heterocycles. The van der Waals surface area contributed by atoms with E-state index in [2.05, 4.69) is 11.9 Å². The van der Waals surface area contributed by atoms with Crippen molar-refractivity contribution in [3.63, 3.8) is 0 Å². The summed E-state index contributed by atoms with van der Waals surface area (Å²) in [5.41, 5.74) is 0.622. The summed E-state index contributed by atoms with van der Waals surface area (Å²) in [4.78, 5) is 17.4. The van der Waals surface area contributed by atoms with Gasteiger partial charge in [0, 0.05) is 25.2 Å². The molecule has 2 heterocycles. The van der Waals surface area contributed by atoms with E-state index in [4.69, 9.17) is 9.47 Å². The summed E-state index contributed by atoms with van der Waals surface area (Å²) in [6, 6.07) is 6.10. The zero-order valence-electron chi connectivity index (χ0n) is 15.7. The van der Waals surface area contributed by atoms with Crippen LogP contribution in [0.2, 0.25) is 0 Å². The van der Waals surface area contributed by atoms with E-state index >= 15 is 0 Å². The molecule has 1 aromatic carbocycles. The van der Waals surface area contributed by atoms with Crippen molar-refractivity contribution in [2.24, 2.45) is 5.92 Å². The van der Waals surface area contributed by atoms with Gasteiger partial charge in [0.1, 0.15) is 11.5 Å². The second-order valence-corrected chi connectivity index (χ2v) is 7.24. The summed E-state index contributed by atoms with van der Waals surface area (Å²) in [6.45, 7) is 2.89. The zero-order valence-corrected chi connectivity index (χ0v) is 15.7. The standard InChI is InChI=1S/C20H30N2O3/c1-21-11-5-4-6-18(21)15-9-12-22(13-10-15)20(23)17-8-7-16(24-2)14-19(17)25-3/h7-8,14-15,18H,4-6,9-13H2,1-3H3. The second-order valence-electron chi connectivity index (χ2n) is 7.24. The van der Waals surface area contributed by atoms with E-state index in [1.165, 1.54) is 25.8 Å². The predicted octanol–water partition coefficient (Wildman–Crippen LogP) is 3.04. The van der Waals surface area contributed by atoms with E-state index in [1.54, 1.807) is 26.4 Å². The van der Waals surface area contributed by atoms with Crippen LogP contribution in [0.25, 0.3) is 0 Å². The monoisotopic (exact) mass is 346 g/mol. The molecule has 1 unspecified atom stereocenters. The third kappa shape index (κ3) is 3.92. The lowest BCUT2D eigenvalue weighted by molar-refractivity contribution is 0.0552. The molecule has 25 heavy (non-hydrogen) atoms. The van der Waals surface area contributed by atoms with Crippen molar-refractivity contribution in [3.05, 3.63) is 23.8 Å². The Kier molecular flexibility index (Phi) is 5.84. The Labute approximate surface area is 150 Å². The molecule has 2 aliphatic heterocycles. The Balaban J connectivity index is 1.63. The number of methoxy groups -OCH3 is 2. The van der Waals surface area contributed by atoms with Crippen LogP contribution in [-0.4, -0.2) is 62.7 Å². The smallest absolute Gasteiger partial charge is 0.257 e. The molecule has 1 amide bonds. The lowest BCUT2D eigenvalue weighted by Crippen LogP contribution is -2.47. The van der Waals surface area contributed by atoms with Crippen LogP contribution in [0.5, 0.6) is 11.5 Å². The fraction of sp³-hybridized carbons (Fsp3) is 0.650. The SMILES string of the molecule is COc1ccc(C(=O)N2CCC(C3CCCCN3C)CC2)c(OC)c1. The molecule has 5 heteroatoms. The van der Waals surface area contributed by atoms with Gasteiger partial charge in [-0.1, -0.05) is 6.42 Å². The van der Waals surface area contributed by atoms with Crippen molar-refractivity contribution in [2.75, 3.05) is 40.9 Å². The first-order chi connectivity index (χ1) is 12.1. The van der Waals surface area contributed by atoms with E-state index < -0.39 is 0 Å². The molecule has 2 aliphatic rings. The molecular weight excluding hydrogens is 316 g/mol. The van der Waals surface area contributed by atoms with Crippen molar-refractivity contribution >= 4 is 5.91 Å². The van der Waals surface area contributed by atoms with Gasteiger partial charge in [0.2, 0.25) is 0 Å². The molecule has 2 fully saturated rings. The van der Waals surface area contributed by atoms with Gasteiger partial charge >= 0.3 is 0 Å². The number of rotatable bonds is 4. The van der Waals surface area contributed by atoms with E-state index in [-0.39, 0.29) is 5.91 Å². The van der Waals surface area contributed by atoms with Crippen molar-refractivity contribution in [3.8, 4) is 11.5 Å². The van der Waals surface area contributed by atoms with Crippen LogP contribution in [0, 0.1) is 5.92 Å². The van der Waals surface area contributed by atoms with Crippen molar-refractivity contribution < 1.29 is 14.3 Å². The maximum Gasteiger partial charge on any atom is 0.257 e. The van der Waals surface area contributed by atoms with Crippen LogP contribution < -0.4 is 9.47 Å². The summed E-state index contributed by atoms with van der Waals surface area (Å²) >= 11 is 0. The number of hydrogen-bond donors (Lipinski definition) is 0. The first-order valence-electron chi connectivity index (χ1n) is 9.35. The van der Waals surface area contributed by atoms with Crippen molar-refractivity contribution in [1.29, 1.82) is 0 Å². The normalized spacial score (nSPS) is 22.7. The van der Waals surface area contributed by atoms with Crippen LogP contribution in [0.3, 0.4) is 0 Å². The minimum absolute atomic E-state index is 0.0648. The molecule has 1 aromatic rings. The molecule has 3 rings (SSSR count). The van der Waals surface area contributed by atoms with Crippen LogP contribution in [0.15, 0.2) is 18.2 Å². The maximum atomic E-state index is 12.9. The van der Waals surface area contributed by atoms with Crippen molar-refractivity contribution in [1.82, 2.24) is 9.80 Å². The fourth-order valence-corrected chi connectivity index (χ4v) is 4.33. The molecule has 0 N–H and O–H groups in total. The average molecular weight is 346 g/mol. The number of hydrogen-bond acceptors (Lipinski definition) is 4. The molecule has 0 aliphatic carbocycles. The van der Waals surface area contributed by atoms with Gasteiger partial charge in [-0.3, -0.25) is 4.79 Å². The van der Waals surface area contributed by atoms with E-state index in [1.807, 2.05) is 11.0 Å². The highest BCUT2D eigenvalue weighted by Crippen LogP contribution is 2.31. The van der Waals surface area contributed by atoms with E-state index in [0.29, 0.717) is 29.0 Å². The Morgan fingerprint density at radius 2 is 1.80 bits per heavy atom. The van der Waals surface area contributed by atoms with Gasteiger partial charge in [0.15, 0.2) is 0 Å². The minimum atomic E-state index is 0.0648. The van der Waals surface area contributed by atoms with E-state index in [9.17, 15) is 4.79 Å². The highest BCUT2D eigenvalue weighted by molar-refractivity contribution is 5.97. The molecule has 5 nitrogen and oxygen atoms in total. The quantitative estimate of drug-likeness (QED) is 0.840. The molecule has 0 saturated carbocycles. The van der Waals surface area contributed by atoms with Gasteiger partial charge in [0.25, 0.3) is 5.91 Å². The molecular formula is C20H30N2O3. The summed E-state index contributed by atoms with van der Waals surface area (Å²) < 4.78 is 10.6. The summed E-state index contributed by atoms with van der Waals surface area (Å²) in [7, 11) is 5.46. The zero-order chi connectivity index (χ0) is 17.8. The summed E-state index contributed by atoms with van der Waals surface area (Å²) in [5.74, 6) is 2.06. The molecule has 0 spiro atoms. The third-order valence-corrected chi connectivity index (χ3v) is 5.84. The van der Waals surface area contributed by atoms with Gasteiger partial charge < -0.3 is 19.3 Å². The first kappa shape index (κ1) is 18.1. The largest absolute Gasteiger partial charge is 0.497 e. The fourth-order valence-electron chi connectivity index (χ4n) is 4.33. The van der Waals surface area contributed by atoms with Gasteiger partial charge in [0.05, 0.1) is 19.8 Å². The highest BCUT2D eigenvalue weighted by atomic mass is 16.5. The minimum Gasteiger partial charge on any atom is -0.497 e. The third-order valence-electron chi connectivity index (χ3n) is 5.84. The summed E-state index contributed by atoms with van der Waals surface area (Å²) in [6.07, 6.45) is 6.17. The number of nitrogens with zero attached hydrogens (tertiary/aromatic N) is 2. The first-order valence-corrected chi connectivity index (χ1v) is 9.35. The Hall–Kier alpha value is -1.75. The molecule has 0 bridgehead atoms. The van der Waals surface area contributed by atoms with Gasteiger partial charge in [-0.15, -0.1) is 0 Å². The lowest BCUT2D eigenvalue weighted by atomic mass is 9.84. The topological polar surface area (TPSA) is 42.0 Å². The van der Waals surface area contributed by atoms with Crippen LogP contribution in [0.1, 0.15) is 42.5 Å². The number of carbonyl (C=O) groups excluding carboxylic acids is 1. The van der Waals surface area contributed by atoms with Gasteiger partial charge in [-0.25, -0.2) is 0 Å². The Morgan fingerprint density at radius 1 is 1.04 bits per heavy atom. The number of piperidine rings is 2. The van der Waals surface area contributed by atoms with Crippen LogP contribution in [0.4, 0.5) is 0 Å². The molecule has 0 radical (unpaired) electrons. The summed E-state index contributed by atoms with van der Waals surface area (Å²) in [5, 5.41) is 0. The maximum absolute atomic E-state index is 12.9. The van der Waals surface area contributed by atoms with Crippen LogP contribution >= 0.6 is 0 Å². The number of likely N-dealkylation sites (tertiary alicyclic amines) is 2. The number of benzene rings is 1. The Bertz CT molecular complexity index is 597. The number of carbonyl (C=O) groups is 1. The number of amides is 1. The van der Waals surface area contributed by atoms with Crippen molar-refractivity contribution in [2.45, 2.75) is 38.1 Å². The second kappa shape index (κ2) is 8.09. The number of ether oxygens (including phenoxy) is 2. The van der Waals surface area contributed by atoms with Crippen LogP contribution in [-0.2, 0) is 0 Å². The van der Waals surface area contributed by atoms with Gasteiger partial charge in [-0.2, -0.15) is 0 Å². The predicted molar refractivity (Wildman–Crippen MR) is 98.4 cm³/mol. The lowest BCUT2D eigenvalue weighted by Gasteiger charge is -2.42. The molecule has 138 valence electrons. The molecule has 0 aromatic heterocycles. The highest BCUT2D eigenvalue weighted by Gasteiger charge is 2.32. The van der Waals surface area contributed by atoms with Gasteiger partial charge in [-0.05, 0) is 57.3 Å².